The monoisotopic (exact) mass is 695 g/mol. The third kappa shape index (κ3) is 37.5. The largest absolute Gasteiger partial charge is 0.462 e. The van der Waals surface area contributed by atoms with Crippen LogP contribution in [0.15, 0.2) is 0 Å². The summed E-state index contributed by atoms with van der Waals surface area (Å²) in [6, 6.07) is 0. The van der Waals surface area contributed by atoms with Crippen LogP contribution in [0.3, 0.4) is 0 Å². The summed E-state index contributed by atoms with van der Waals surface area (Å²) in [5.74, 6) is 0.725. The molecule has 0 amide bonds. The number of ether oxygens (including phenoxy) is 3. The number of hydrogen-bond acceptors (Lipinski definition) is 6. The lowest BCUT2D eigenvalue weighted by Crippen LogP contribution is -2.30. The maximum atomic E-state index is 12.6. The Bertz CT molecular complexity index is 749. The lowest BCUT2D eigenvalue weighted by molar-refractivity contribution is -0.167. The molecule has 0 aliphatic carbocycles. The highest BCUT2D eigenvalue weighted by Crippen LogP contribution is 2.16. The van der Waals surface area contributed by atoms with E-state index in [1.807, 2.05) is 0 Å². The van der Waals surface area contributed by atoms with E-state index in [0.717, 1.165) is 69.6 Å². The average molecular weight is 695 g/mol. The zero-order chi connectivity index (χ0) is 36.2. The molecular weight excluding hydrogens is 612 g/mol. The predicted octanol–water partition coefficient (Wildman–Crippen LogP) is 13.0. The van der Waals surface area contributed by atoms with Crippen LogP contribution in [0.25, 0.3) is 0 Å². The fourth-order valence-electron chi connectivity index (χ4n) is 6.22. The first-order valence-electron chi connectivity index (χ1n) is 21.2. The first kappa shape index (κ1) is 47.4. The Morgan fingerprint density at radius 3 is 1.00 bits per heavy atom. The molecule has 0 aromatic heterocycles. The number of rotatable bonds is 37. The highest BCUT2D eigenvalue weighted by Gasteiger charge is 2.19. The molecule has 0 radical (unpaired) electrons. The van der Waals surface area contributed by atoms with Crippen molar-refractivity contribution in [2.75, 3.05) is 13.2 Å². The molecule has 1 atom stereocenters. The molecule has 0 N–H and O–H groups in total. The molecule has 0 fully saturated rings. The van der Waals surface area contributed by atoms with Crippen molar-refractivity contribution in [3.05, 3.63) is 0 Å². The summed E-state index contributed by atoms with van der Waals surface area (Å²) in [5, 5.41) is 0. The van der Waals surface area contributed by atoms with Crippen molar-refractivity contribution >= 4 is 17.9 Å². The van der Waals surface area contributed by atoms with Gasteiger partial charge in [-0.2, -0.15) is 0 Å². The zero-order valence-electron chi connectivity index (χ0n) is 33.3. The number of carbonyl (C=O) groups is 3. The summed E-state index contributed by atoms with van der Waals surface area (Å²) in [4.78, 5) is 37.4. The summed E-state index contributed by atoms with van der Waals surface area (Å²) >= 11 is 0. The van der Waals surface area contributed by atoms with E-state index < -0.39 is 6.10 Å². The van der Waals surface area contributed by atoms with Crippen molar-refractivity contribution in [2.45, 2.75) is 233 Å². The molecule has 290 valence electrons. The minimum Gasteiger partial charge on any atom is -0.462 e. The second kappa shape index (κ2) is 36.2. The van der Waals surface area contributed by atoms with Gasteiger partial charge in [-0.3, -0.25) is 14.4 Å². The quantitative estimate of drug-likeness (QED) is 0.0366. The van der Waals surface area contributed by atoms with E-state index in [4.69, 9.17) is 14.2 Å². The van der Waals surface area contributed by atoms with E-state index in [2.05, 4.69) is 34.6 Å². The molecule has 6 nitrogen and oxygen atoms in total. The first-order valence-corrected chi connectivity index (χ1v) is 21.2. The average Bonchev–Trinajstić information content (AvgIpc) is 3.06. The predicted molar refractivity (Wildman–Crippen MR) is 206 cm³/mol. The SMILES string of the molecule is CCCCCCCCCC(=O)O[C@H](COC(=O)CCCCCCCCCCCCCCC(C)C)COC(=O)CCCCCCCCC(C)C. The molecule has 0 aromatic carbocycles. The van der Waals surface area contributed by atoms with Gasteiger partial charge in [0.25, 0.3) is 0 Å². The Kier molecular flexibility index (Phi) is 35.0. The summed E-state index contributed by atoms with van der Waals surface area (Å²) in [5.41, 5.74) is 0. The van der Waals surface area contributed by atoms with Crippen molar-refractivity contribution in [1.82, 2.24) is 0 Å². The van der Waals surface area contributed by atoms with Crippen LogP contribution in [0.5, 0.6) is 0 Å². The van der Waals surface area contributed by atoms with Gasteiger partial charge in [-0.25, -0.2) is 0 Å². The van der Waals surface area contributed by atoms with Gasteiger partial charge in [-0.15, -0.1) is 0 Å². The summed E-state index contributed by atoms with van der Waals surface area (Å²) < 4.78 is 16.6. The fourth-order valence-corrected chi connectivity index (χ4v) is 6.22. The topological polar surface area (TPSA) is 78.9 Å². The van der Waals surface area contributed by atoms with E-state index in [-0.39, 0.29) is 31.1 Å². The van der Waals surface area contributed by atoms with Crippen molar-refractivity contribution in [1.29, 1.82) is 0 Å². The van der Waals surface area contributed by atoms with E-state index in [1.165, 1.54) is 116 Å². The molecule has 0 saturated carbocycles. The van der Waals surface area contributed by atoms with E-state index in [0.29, 0.717) is 19.3 Å². The van der Waals surface area contributed by atoms with Crippen molar-refractivity contribution in [2.24, 2.45) is 11.8 Å². The van der Waals surface area contributed by atoms with Crippen LogP contribution in [0.1, 0.15) is 227 Å². The normalized spacial score (nSPS) is 12.1. The molecule has 0 unspecified atom stereocenters. The minimum atomic E-state index is -0.758. The maximum Gasteiger partial charge on any atom is 0.306 e. The van der Waals surface area contributed by atoms with E-state index in [9.17, 15) is 14.4 Å². The van der Waals surface area contributed by atoms with E-state index in [1.54, 1.807) is 0 Å². The molecule has 0 aliphatic rings. The molecule has 0 spiro atoms. The van der Waals surface area contributed by atoms with Crippen LogP contribution in [0.4, 0.5) is 0 Å². The lowest BCUT2D eigenvalue weighted by atomic mass is 10.0. The van der Waals surface area contributed by atoms with Gasteiger partial charge in [-0.05, 0) is 31.1 Å². The molecule has 0 aliphatic heterocycles. The molecule has 49 heavy (non-hydrogen) atoms. The molecule has 0 saturated heterocycles. The fraction of sp³-hybridized carbons (Fsp3) is 0.930. The first-order chi connectivity index (χ1) is 23.7. The third-order valence-electron chi connectivity index (χ3n) is 9.47. The van der Waals surface area contributed by atoms with Crippen LogP contribution in [0, 0.1) is 11.8 Å². The highest BCUT2D eigenvalue weighted by molar-refractivity contribution is 5.71. The lowest BCUT2D eigenvalue weighted by Gasteiger charge is -2.18. The summed E-state index contributed by atoms with van der Waals surface area (Å²) in [6.45, 7) is 11.2. The smallest absolute Gasteiger partial charge is 0.306 e. The van der Waals surface area contributed by atoms with Gasteiger partial charge in [0.15, 0.2) is 6.10 Å². The highest BCUT2D eigenvalue weighted by atomic mass is 16.6. The summed E-state index contributed by atoms with van der Waals surface area (Å²) in [6.07, 6.45) is 32.6. The molecule has 0 aromatic rings. The molecule has 0 bridgehead atoms. The zero-order valence-corrected chi connectivity index (χ0v) is 33.3. The number of esters is 3. The molecular formula is C43H82O6. The number of carbonyl (C=O) groups excluding carboxylic acids is 3. The van der Waals surface area contributed by atoms with Gasteiger partial charge >= 0.3 is 17.9 Å². The molecule has 6 heteroatoms. The van der Waals surface area contributed by atoms with Gasteiger partial charge < -0.3 is 14.2 Å². The van der Waals surface area contributed by atoms with Gasteiger partial charge in [0.05, 0.1) is 0 Å². The standard InChI is InChI=1S/C43H82O6/c1-6-7-8-9-16-25-30-35-43(46)49-40(37-48-42(45)34-29-24-20-19-22-27-32-39(4)5)36-47-41(44)33-28-23-18-15-13-11-10-12-14-17-21-26-31-38(2)3/h38-40H,6-37H2,1-5H3/t40-/m1/s1. The Balaban J connectivity index is 4.23. The van der Waals surface area contributed by atoms with Crippen LogP contribution >= 0.6 is 0 Å². The van der Waals surface area contributed by atoms with Crippen LogP contribution in [-0.2, 0) is 28.6 Å². The van der Waals surface area contributed by atoms with Crippen molar-refractivity contribution in [3.8, 4) is 0 Å². The van der Waals surface area contributed by atoms with Gasteiger partial charge in [-0.1, -0.05) is 189 Å². The third-order valence-corrected chi connectivity index (χ3v) is 9.47. The minimum absolute atomic E-state index is 0.0665. The second-order valence-electron chi connectivity index (χ2n) is 15.6. The van der Waals surface area contributed by atoms with Gasteiger partial charge in [0.1, 0.15) is 13.2 Å². The van der Waals surface area contributed by atoms with Crippen LogP contribution < -0.4 is 0 Å². The van der Waals surface area contributed by atoms with E-state index >= 15 is 0 Å². The Hall–Kier alpha value is -1.59. The molecule has 0 heterocycles. The summed E-state index contributed by atoms with van der Waals surface area (Å²) in [7, 11) is 0. The van der Waals surface area contributed by atoms with Gasteiger partial charge in [0, 0.05) is 19.3 Å². The molecule has 0 rings (SSSR count). The van der Waals surface area contributed by atoms with Gasteiger partial charge in [0.2, 0.25) is 0 Å². The Morgan fingerprint density at radius 2 is 0.673 bits per heavy atom. The number of unbranched alkanes of at least 4 members (excludes halogenated alkanes) is 22. The Morgan fingerprint density at radius 1 is 0.388 bits per heavy atom. The Labute approximate surface area is 304 Å². The van der Waals surface area contributed by atoms with Crippen LogP contribution in [-0.4, -0.2) is 37.2 Å². The second-order valence-corrected chi connectivity index (χ2v) is 15.6. The number of hydrogen-bond donors (Lipinski definition) is 0. The van der Waals surface area contributed by atoms with Crippen LogP contribution in [0.2, 0.25) is 0 Å². The maximum absolute atomic E-state index is 12.6. The van der Waals surface area contributed by atoms with Crippen molar-refractivity contribution in [3.63, 3.8) is 0 Å². The van der Waals surface area contributed by atoms with Crippen molar-refractivity contribution < 1.29 is 28.6 Å².